The molecule has 42 valence electrons. The Hall–Kier alpha value is 0.600. The maximum atomic E-state index is 5.51. The molecule has 1 heterocycles. The number of hydrogen-bond acceptors (Lipinski definition) is 2. The maximum absolute atomic E-state index is 5.51. The van der Waals surface area contributed by atoms with E-state index < -0.39 is 0 Å². The first-order chi connectivity index (χ1) is 3.43. The summed E-state index contributed by atoms with van der Waals surface area (Å²) in [6, 6.07) is 0. The van der Waals surface area contributed by atoms with Crippen molar-refractivity contribution >= 4 is 23.4 Å². The summed E-state index contributed by atoms with van der Waals surface area (Å²) in [6.45, 7) is 0.841. The lowest BCUT2D eigenvalue weighted by Gasteiger charge is -1.94. The third-order valence-electron chi connectivity index (χ3n) is 0.863. The molecule has 1 aliphatic heterocycles. The van der Waals surface area contributed by atoms with Crippen LogP contribution >= 0.6 is 23.4 Å². The van der Waals surface area contributed by atoms with Crippen LogP contribution < -0.4 is 0 Å². The second-order valence-electron chi connectivity index (χ2n) is 1.43. The van der Waals surface area contributed by atoms with Gasteiger partial charge in [-0.15, -0.1) is 23.4 Å². The van der Waals surface area contributed by atoms with Crippen molar-refractivity contribution < 1.29 is 4.74 Å². The van der Waals surface area contributed by atoms with Crippen molar-refractivity contribution in [1.29, 1.82) is 0 Å². The zero-order valence-corrected chi connectivity index (χ0v) is 5.47. The molecule has 7 heavy (non-hydrogen) atoms. The monoisotopic (exact) mass is 138 g/mol. The minimum atomic E-state index is 0.557. The highest BCUT2D eigenvalue weighted by Gasteiger charge is 2.13. The van der Waals surface area contributed by atoms with E-state index in [1.807, 2.05) is 0 Å². The van der Waals surface area contributed by atoms with Crippen LogP contribution in [0.2, 0.25) is 0 Å². The van der Waals surface area contributed by atoms with Gasteiger partial charge in [-0.1, -0.05) is 0 Å². The van der Waals surface area contributed by atoms with E-state index in [0.29, 0.717) is 5.25 Å². The van der Waals surface area contributed by atoms with Gasteiger partial charge in [0.25, 0.3) is 0 Å². The van der Waals surface area contributed by atoms with E-state index in [-0.39, 0.29) is 0 Å². The molecule has 0 radical (unpaired) electrons. The van der Waals surface area contributed by atoms with Gasteiger partial charge >= 0.3 is 0 Å². The Kier molecular flexibility index (Phi) is 2.29. The second-order valence-corrected chi connectivity index (χ2v) is 2.98. The van der Waals surface area contributed by atoms with Crippen LogP contribution in [0.4, 0.5) is 0 Å². The Bertz CT molecular complexity index is 53.7. The fraction of sp³-hybridized carbons (Fsp3) is 1.00. The van der Waals surface area contributed by atoms with Crippen LogP contribution in [0.25, 0.3) is 0 Å². The van der Waals surface area contributed by atoms with E-state index in [2.05, 4.69) is 0 Å². The molecule has 1 saturated heterocycles. The first-order valence-electron chi connectivity index (χ1n) is 2.19. The SMILES string of the molecule is ClCC1COCS1. The van der Waals surface area contributed by atoms with Gasteiger partial charge in [0.1, 0.15) is 0 Å². The molecule has 0 aromatic heterocycles. The number of halogens is 1. The summed E-state index contributed by atoms with van der Waals surface area (Å²) < 4.78 is 5.03. The molecule has 1 fully saturated rings. The molecule has 3 heteroatoms. The predicted octanol–water partition coefficient (Wildman–Crippen LogP) is 1.31. The van der Waals surface area contributed by atoms with E-state index in [9.17, 15) is 0 Å². The van der Waals surface area contributed by atoms with Gasteiger partial charge in [0.15, 0.2) is 0 Å². The predicted molar refractivity (Wildman–Crippen MR) is 32.9 cm³/mol. The van der Waals surface area contributed by atoms with E-state index in [1.165, 1.54) is 0 Å². The van der Waals surface area contributed by atoms with Crippen LogP contribution in [-0.4, -0.2) is 23.7 Å². The maximum Gasteiger partial charge on any atom is 0.0925 e. The van der Waals surface area contributed by atoms with Crippen molar-refractivity contribution in [2.24, 2.45) is 0 Å². The normalized spacial score (nSPS) is 31.3. The molecule has 0 aliphatic carbocycles. The average Bonchev–Trinajstić information content (AvgIpc) is 2.14. The van der Waals surface area contributed by atoms with Crippen LogP contribution in [-0.2, 0) is 4.74 Å². The fourth-order valence-electron chi connectivity index (χ4n) is 0.461. The van der Waals surface area contributed by atoms with Crippen LogP contribution in [0.15, 0.2) is 0 Å². The molecule has 1 aliphatic rings. The zero-order chi connectivity index (χ0) is 5.11. The number of hydrogen-bond donors (Lipinski definition) is 0. The van der Waals surface area contributed by atoms with Crippen molar-refractivity contribution in [3.8, 4) is 0 Å². The minimum absolute atomic E-state index is 0.557. The number of thioether (sulfide) groups is 1. The molecule has 0 N–H and O–H groups in total. The Morgan fingerprint density at radius 1 is 1.86 bits per heavy atom. The van der Waals surface area contributed by atoms with E-state index in [4.69, 9.17) is 16.3 Å². The lowest BCUT2D eigenvalue weighted by Crippen LogP contribution is -2.03. The standard InChI is InChI=1S/C4H7ClOS/c5-1-4-2-6-3-7-4/h4H,1-3H2. The molecule has 0 aromatic carbocycles. The molecule has 1 unspecified atom stereocenters. The Morgan fingerprint density at radius 2 is 2.71 bits per heavy atom. The number of ether oxygens (including phenoxy) is 1. The Morgan fingerprint density at radius 3 is 3.00 bits per heavy atom. The van der Waals surface area contributed by atoms with Crippen molar-refractivity contribution in [3.05, 3.63) is 0 Å². The molecule has 0 bridgehead atoms. The van der Waals surface area contributed by atoms with Gasteiger partial charge in [-0.2, -0.15) is 0 Å². The number of alkyl halides is 1. The summed E-state index contributed by atoms with van der Waals surface area (Å²) in [5, 5.41) is 0.557. The second kappa shape index (κ2) is 2.80. The van der Waals surface area contributed by atoms with Gasteiger partial charge in [-0.3, -0.25) is 0 Å². The molecule has 1 nitrogen and oxygen atoms in total. The minimum Gasteiger partial charge on any atom is -0.370 e. The van der Waals surface area contributed by atoms with E-state index >= 15 is 0 Å². The highest BCUT2D eigenvalue weighted by atomic mass is 35.5. The van der Waals surface area contributed by atoms with Crippen molar-refractivity contribution in [2.75, 3.05) is 18.4 Å². The molecule has 0 aromatic rings. The van der Waals surface area contributed by atoms with Gasteiger partial charge in [-0.05, 0) is 0 Å². The van der Waals surface area contributed by atoms with Gasteiger partial charge in [-0.25, -0.2) is 0 Å². The third kappa shape index (κ3) is 1.52. The zero-order valence-electron chi connectivity index (χ0n) is 3.89. The molecule has 0 amide bonds. The molecule has 0 spiro atoms. The van der Waals surface area contributed by atoms with Crippen LogP contribution in [0.5, 0.6) is 0 Å². The molecule has 1 atom stereocenters. The fourth-order valence-corrected chi connectivity index (χ4v) is 1.48. The molecular formula is C4H7ClOS. The van der Waals surface area contributed by atoms with Crippen molar-refractivity contribution in [2.45, 2.75) is 5.25 Å². The highest BCUT2D eigenvalue weighted by Crippen LogP contribution is 2.19. The molecule has 1 rings (SSSR count). The Labute approximate surface area is 52.4 Å². The summed E-state index contributed by atoms with van der Waals surface area (Å²) in [5.41, 5.74) is 0. The topological polar surface area (TPSA) is 9.23 Å². The van der Waals surface area contributed by atoms with E-state index in [1.54, 1.807) is 11.8 Å². The summed E-state index contributed by atoms with van der Waals surface area (Å²) in [5.74, 6) is 1.56. The summed E-state index contributed by atoms with van der Waals surface area (Å²) in [7, 11) is 0. The largest absolute Gasteiger partial charge is 0.370 e. The quantitative estimate of drug-likeness (QED) is 0.506. The van der Waals surface area contributed by atoms with Gasteiger partial charge in [0, 0.05) is 11.1 Å². The first kappa shape index (κ1) is 5.73. The van der Waals surface area contributed by atoms with Crippen molar-refractivity contribution in [1.82, 2.24) is 0 Å². The van der Waals surface area contributed by atoms with Crippen LogP contribution in [0.1, 0.15) is 0 Å². The summed E-state index contributed by atoms with van der Waals surface area (Å²) in [4.78, 5) is 0. The third-order valence-corrected chi connectivity index (χ3v) is 2.50. The summed E-state index contributed by atoms with van der Waals surface area (Å²) in [6.07, 6.45) is 0. The van der Waals surface area contributed by atoms with E-state index in [0.717, 1.165) is 18.4 Å². The first-order valence-corrected chi connectivity index (χ1v) is 3.77. The lowest BCUT2D eigenvalue weighted by molar-refractivity contribution is 0.206. The van der Waals surface area contributed by atoms with Gasteiger partial charge in [0.05, 0.1) is 12.5 Å². The summed E-state index contributed by atoms with van der Waals surface area (Å²) >= 11 is 7.30. The van der Waals surface area contributed by atoms with Crippen molar-refractivity contribution in [3.63, 3.8) is 0 Å². The Balaban J connectivity index is 2.14. The molecule has 0 saturated carbocycles. The highest BCUT2D eigenvalue weighted by molar-refractivity contribution is 8.00. The molecular weight excluding hydrogens is 132 g/mol. The van der Waals surface area contributed by atoms with Gasteiger partial charge < -0.3 is 4.74 Å². The lowest BCUT2D eigenvalue weighted by atomic mass is 10.5. The smallest absolute Gasteiger partial charge is 0.0925 e. The average molecular weight is 139 g/mol. The van der Waals surface area contributed by atoms with Crippen LogP contribution in [0.3, 0.4) is 0 Å². The van der Waals surface area contributed by atoms with Gasteiger partial charge in [0.2, 0.25) is 0 Å². The number of rotatable bonds is 1. The van der Waals surface area contributed by atoms with Crippen LogP contribution in [0, 0.1) is 0 Å².